The van der Waals surface area contributed by atoms with Crippen LogP contribution in [0.5, 0.6) is 0 Å². The number of nitrogens with zero attached hydrogens (tertiary/aromatic N) is 1. The predicted octanol–water partition coefficient (Wildman–Crippen LogP) is 2.48. The molecule has 0 radical (unpaired) electrons. The lowest BCUT2D eigenvalue weighted by Crippen LogP contribution is -2.48. The Balaban J connectivity index is 2.76. The number of carbonyl (C=O) groups is 2. The van der Waals surface area contributed by atoms with Crippen molar-refractivity contribution in [1.82, 2.24) is 5.32 Å². The molecule has 0 aromatic heterocycles. The summed E-state index contributed by atoms with van der Waals surface area (Å²) in [5, 5.41) is 11.6. The lowest BCUT2D eigenvalue weighted by Gasteiger charge is -2.23. The highest BCUT2D eigenvalue weighted by molar-refractivity contribution is 5.94. The van der Waals surface area contributed by atoms with Crippen LogP contribution in [-0.4, -0.2) is 29.7 Å². The molecule has 1 aromatic rings. The van der Waals surface area contributed by atoms with Gasteiger partial charge >= 0.3 is 12.0 Å². The van der Waals surface area contributed by atoms with E-state index in [1.807, 2.05) is 44.2 Å². The summed E-state index contributed by atoms with van der Waals surface area (Å²) in [7, 11) is 0. The fraction of sp³-hybridized carbons (Fsp3) is 0.429. The Bertz CT molecular complexity index is 420. The van der Waals surface area contributed by atoms with Gasteiger partial charge in [-0.3, -0.25) is 4.90 Å². The first-order chi connectivity index (χ1) is 9.10. The molecule has 0 spiro atoms. The van der Waals surface area contributed by atoms with Crippen molar-refractivity contribution in [2.24, 2.45) is 0 Å². The van der Waals surface area contributed by atoms with E-state index in [0.717, 1.165) is 5.69 Å². The number of rotatable bonds is 6. The smallest absolute Gasteiger partial charge is 0.326 e. The molecule has 0 fully saturated rings. The van der Waals surface area contributed by atoms with Gasteiger partial charge in [-0.1, -0.05) is 31.5 Å². The van der Waals surface area contributed by atoms with Crippen molar-refractivity contribution in [3.63, 3.8) is 0 Å². The van der Waals surface area contributed by atoms with Gasteiger partial charge in [0, 0.05) is 12.2 Å². The number of carboxylic acid groups (broad SMARTS) is 1. The molecule has 2 amide bonds. The van der Waals surface area contributed by atoms with Gasteiger partial charge in [0.25, 0.3) is 0 Å². The molecule has 0 aliphatic rings. The van der Waals surface area contributed by atoms with Crippen LogP contribution in [-0.2, 0) is 4.79 Å². The Morgan fingerprint density at radius 1 is 1.26 bits per heavy atom. The maximum absolute atomic E-state index is 12.1. The standard InChI is InChI=1S/C14H20N2O3/c1-3-8-12(13(17)18)15-14(19)16(4-2)11-9-6-5-7-10-11/h5-7,9-10,12H,3-4,8H2,1-2H3,(H,15,19)(H,17,18)/t12-/m1/s1. The minimum atomic E-state index is -1.00. The molecule has 2 N–H and O–H groups in total. The quantitative estimate of drug-likeness (QED) is 0.829. The van der Waals surface area contributed by atoms with Gasteiger partial charge in [-0.2, -0.15) is 0 Å². The number of benzene rings is 1. The third-order valence-corrected chi connectivity index (χ3v) is 2.80. The average molecular weight is 264 g/mol. The summed E-state index contributed by atoms with van der Waals surface area (Å²) in [4.78, 5) is 24.7. The summed E-state index contributed by atoms with van der Waals surface area (Å²) in [5.41, 5.74) is 0.753. The first-order valence-corrected chi connectivity index (χ1v) is 6.46. The second-order valence-corrected chi connectivity index (χ2v) is 4.21. The van der Waals surface area contributed by atoms with E-state index in [0.29, 0.717) is 19.4 Å². The van der Waals surface area contributed by atoms with Gasteiger partial charge in [-0.05, 0) is 25.5 Å². The monoisotopic (exact) mass is 264 g/mol. The van der Waals surface area contributed by atoms with Crippen LogP contribution in [0.1, 0.15) is 26.7 Å². The number of hydrogen-bond acceptors (Lipinski definition) is 2. The third-order valence-electron chi connectivity index (χ3n) is 2.80. The molecule has 0 bridgehead atoms. The number of carbonyl (C=O) groups excluding carboxylic acids is 1. The molecule has 1 aromatic carbocycles. The van der Waals surface area contributed by atoms with Crippen molar-refractivity contribution in [3.8, 4) is 0 Å². The summed E-state index contributed by atoms with van der Waals surface area (Å²) < 4.78 is 0. The van der Waals surface area contributed by atoms with Crippen molar-refractivity contribution >= 4 is 17.7 Å². The number of amides is 2. The molecule has 19 heavy (non-hydrogen) atoms. The fourth-order valence-electron chi connectivity index (χ4n) is 1.82. The van der Waals surface area contributed by atoms with E-state index in [4.69, 9.17) is 5.11 Å². The topological polar surface area (TPSA) is 69.6 Å². The van der Waals surface area contributed by atoms with Crippen LogP contribution in [0.15, 0.2) is 30.3 Å². The van der Waals surface area contributed by atoms with Crippen LogP contribution in [0.25, 0.3) is 0 Å². The first-order valence-electron chi connectivity index (χ1n) is 6.46. The van der Waals surface area contributed by atoms with Gasteiger partial charge in [-0.15, -0.1) is 0 Å². The molecule has 0 saturated carbocycles. The Morgan fingerprint density at radius 3 is 2.37 bits per heavy atom. The van der Waals surface area contributed by atoms with Gasteiger partial charge in [0.1, 0.15) is 6.04 Å². The number of hydrogen-bond donors (Lipinski definition) is 2. The number of nitrogens with one attached hydrogen (secondary N) is 1. The largest absolute Gasteiger partial charge is 0.480 e. The van der Waals surface area contributed by atoms with Gasteiger partial charge in [0.05, 0.1) is 0 Å². The lowest BCUT2D eigenvalue weighted by molar-refractivity contribution is -0.139. The zero-order valence-electron chi connectivity index (χ0n) is 11.3. The molecular weight excluding hydrogens is 244 g/mol. The summed E-state index contributed by atoms with van der Waals surface area (Å²) in [6.07, 6.45) is 1.13. The van der Waals surface area contributed by atoms with Crippen molar-refractivity contribution < 1.29 is 14.7 Å². The highest BCUT2D eigenvalue weighted by atomic mass is 16.4. The molecule has 0 heterocycles. The number of para-hydroxylation sites is 1. The first kappa shape index (κ1) is 15.0. The zero-order chi connectivity index (χ0) is 14.3. The van der Waals surface area contributed by atoms with Crippen LogP contribution in [0, 0.1) is 0 Å². The summed E-state index contributed by atoms with van der Waals surface area (Å²) in [6, 6.07) is 7.96. The predicted molar refractivity (Wildman–Crippen MR) is 74.3 cm³/mol. The van der Waals surface area contributed by atoms with Gasteiger partial charge in [0.2, 0.25) is 0 Å². The highest BCUT2D eigenvalue weighted by Crippen LogP contribution is 2.13. The van der Waals surface area contributed by atoms with Crippen LogP contribution >= 0.6 is 0 Å². The Morgan fingerprint density at radius 2 is 1.89 bits per heavy atom. The Hall–Kier alpha value is -2.04. The number of anilines is 1. The lowest BCUT2D eigenvalue weighted by atomic mass is 10.2. The number of carboxylic acids is 1. The second kappa shape index (κ2) is 7.41. The van der Waals surface area contributed by atoms with E-state index in [-0.39, 0.29) is 6.03 Å². The normalized spacial score (nSPS) is 11.7. The molecule has 5 nitrogen and oxygen atoms in total. The van der Waals surface area contributed by atoms with E-state index in [2.05, 4.69) is 5.32 Å². The van der Waals surface area contributed by atoms with E-state index in [1.165, 1.54) is 4.90 Å². The SMILES string of the molecule is CCC[C@@H](NC(=O)N(CC)c1ccccc1)C(=O)O. The van der Waals surface area contributed by atoms with Crippen LogP contribution in [0.3, 0.4) is 0 Å². The van der Waals surface area contributed by atoms with Gasteiger partial charge in [-0.25, -0.2) is 9.59 Å². The number of urea groups is 1. The van der Waals surface area contributed by atoms with E-state index >= 15 is 0 Å². The van der Waals surface area contributed by atoms with Crippen molar-refractivity contribution in [1.29, 1.82) is 0 Å². The van der Waals surface area contributed by atoms with Crippen LogP contribution < -0.4 is 10.2 Å². The minimum Gasteiger partial charge on any atom is -0.480 e. The summed E-state index contributed by atoms with van der Waals surface area (Å²) in [5.74, 6) is -1.00. The summed E-state index contributed by atoms with van der Waals surface area (Å²) >= 11 is 0. The highest BCUT2D eigenvalue weighted by Gasteiger charge is 2.22. The van der Waals surface area contributed by atoms with Crippen molar-refractivity contribution in [3.05, 3.63) is 30.3 Å². The second-order valence-electron chi connectivity index (χ2n) is 4.21. The third kappa shape index (κ3) is 4.28. The Kier molecular flexibility index (Phi) is 5.85. The average Bonchev–Trinajstić information content (AvgIpc) is 2.40. The molecule has 5 heteroatoms. The molecule has 1 atom stereocenters. The van der Waals surface area contributed by atoms with Crippen LogP contribution in [0.2, 0.25) is 0 Å². The molecule has 0 aliphatic heterocycles. The maximum Gasteiger partial charge on any atom is 0.326 e. The fourth-order valence-corrected chi connectivity index (χ4v) is 1.82. The van der Waals surface area contributed by atoms with Crippen molar-refractivity contribution in [2.45, 2.75) is 32.7 Å². The minimum absolute atomic E-state index is 0.380. The maximum atomic E-state index is 12.1. The van der Waals surface area contributed by atoms with Gasteiger partial charge in [0.15, 0.2) is 0 Å². The molecule has 0 aliphatic carbocycles. The molecule has 0 saturated heterocycles. The summed E-state index contributed by atoms with van der Waals surface area (Å²) in [6.45, 7) is 4.22. The van der Waals surface area contributed by atoms with E-state index < -0.39 is 12.0 Å². The molecule has 0 unspecified atom stereocenters. The zero-order valence-corrected chi connectivity index (χ0v) is 11.3. The molecule has 1 rings (SSSR count). The van der Waals surface area contributed by atoms with E-state index in [1.54, 1.807) is 0 Å². The van der Waals surface area contributed by atoms with Crippen molar-refractivity contribution in [2.75, 3.05) is 11.4 Å². The number of aliphatic carboxylic acids is 1. The molecular formula is C14H20N2O3. The van der Waals surface area contributed by atoms with E-state index in [9.17, 15) is 9.59 Å². The van der Waals surface area contributed by atoms with Gasteiger partial charge < -0.3 is 10.4 Å². The van der Waals surface area contributed by atoms with Crippen LogP contribution in [0.4, 0.5) is 10.5 Å². The Labute approximate surface area is 113 Å². The molecule has 104 valence electrons.